The van der Waals surface area contributed by atoms with E-state index in [-0.39, 0.29) is 6.61 Å². The summed E-state index contributed by atoms with van der Waals surface area (Å²) in [6, 6.07) is 0. The average Bonchev–Trinajstić information content (AvgIpc) is 2.06. The van der Waals surface area contributed by atoms with Crippen molar-refractivity contribution in [3.63, 3.8) is 0 Å². The van der Waals surface area contributed by atoms with Gasteiger partial charge in [0, 0.05) is 13.7 Å². The van der Waals surface area contributed by atoms with Crippen LogP contribution in [0.25, 0.3) is 0 Å². The summed E-state index contributed by atoms with van der Waals surface area (Å²) in [5.41, 5.74) is -1.08. The number of carboxylic acid groups (broad SMARTS) is 1. The van der Waals surface area contributed by atoms with Gasteiger partial charge in [-0.3, -0.25) is 0 Å². The van der Waals surface area contributed by atoms with E-state index in [2.05, 4.69) is 0 Å². The maximum Gasteiger partial charge on any atom is 0.338 e. The Morgan fingerprint density at radius 3 is 2.83 bits per heavy atom. The van der Waals surface area contributed by atoms with Crippen molar-refractivity contribution in [1.82, 2.24) is 0 Å². The van der Waals surface area contributed by atoms with Crippen LogP contribution in [0.2, 0.25) is 0 Å². The molecule has 0 unspecified atom stereocenters. The summed E-state index contributed by atoms with van der Waals surface area (Å²) in [5.74, 6) is -0.913. The van der Waals surface area contributed by atoms with E-state index in [4.69, 9.17) is 14.6 Å². The maximum atomic E-state index is 10.9. The molecule has 4 heteroatoms. The zero-order chi connectivity index (χ0) is 9.03. The van der Waals surface area contributed by atoms with Crippen molar-refractivity contribution < 1.29 is 19.4 Å². The highest BCUT2D eigenvalue weighted by atomic mass is 16.6. The molecule has 1 aliphatic heterocycles. The fourth-order valence-electron chi connectivity index (χ4n) is 1.43. The summed E-state index contributed by atoms with van der Waals surface area (Å²) in [4.78, 5) is 10.9. The van der Waals surface area contributed by atoms with Gasteiger partial charge in [-0.05, 0) is 19.3 Å². The Balaban J connectivity index is 2.63. The molecule has 0 aromatic carbocycles. The van der Waals surface area contributed by atoms with Crippen molar-refractivity contribution in [3.8, 4) is 0 Å². The lowest BCUT2D eigenvalue weighted by atomic mass is 9.95. The predicted octanol–water partition coefficient (Wildman–Crippen LogP) is 0.657. The molecule has 1 N–H and O–H groups in total. The maximum absolute atomic E-state index is 10.9. The number of hydrogen-bond acceptors (Lipinski definition) is 3. The van der Waals surface area contributed by atoms with Crippen LogP contribution in [-0.2, 0) is 14.3 Å². The van der Waals surface area contributed by atoms with Crippen molar-refractivity contribution in [2.45, 2.75) is 24.9 Å². The minimum absolute atomic E-state index is 0.141. The quantitative estimate of drug-likeness (QED) is 0.682. The molecule has 1 heterocycles. The van der Waals surface area contributed by atoms with E-state index in [1.807, 2.05) is 0 Å². The molecular weight excluding hydrogens is 160 g/mol. The molecule has 4 nitrogen and oxygen atoms in total. The highest BCUT2D eigenvalue weighted by Gasteiger charge is 2.41. The van der Waals surface area contributed by atoms with Crippen LogP contribution in [0, 0.1) is 0 Å². The molecule has 1 aliphatic rings. The van der Waals surface area contributed by atoms with Gasteiger partial charge < -0.3 is 14.6 Å². The zero-order valence-corrected chi connectivity index (χ0v) is 7.21. The SMILES string of the molecule is COC[C@@]1(C(=O)O)CCCCO1. The monoisotopic (exact) mass is 174 g/mol. The number of rotatable bonds is 3. The van der Waals surface area contributed by atoms with E-state index < -0.39 is 11.6 Å². The molecule has 0 amide bonds. The smallest absolute Gasteiger partial charge is 0.338 e. The second kappa shape index (κ2) is 3.87. The second-order valence-electron chi connectivity index (χ2n) is 3.04. The van der Waals surface area contributed by atoms with Gasteiger partial charge in [-0.15, -0.1) is 0 Å². The molecule has 0 radical (unpaired) electrons. The van der Waals surface area contributed by atoms with Gasteiger partial charge in [0.1, 0.15) is 0 Å². The minimum Gasteiger partial charge on any atom is -0.479 e. The Kier molecular flexibility index (Phi) is 3.05. The van der Waals surface area contributed by atoms with Gasteiger partial charge in [0.05, 0.1) is 6.61 Å². The van der Waals surface area contributed by atoms with Crippen LogP contribution in [0.5, 0.6) is 0 Å². The lowest BCUT2D eigenvalue weighted by Gasteiger charge is -2.32. The average molecular weight is 174 g/mol. The molecule has 0 aliphatic carbocycles. The standard InChI is InChI=1S/C8H14O4/c1-11-6-8(7(9)10)4-2-3-5-12-8/h2-6H2,1H3,(H,9,10)/t8-/m1/s1. The topological polar surface area (TPSA) is 55.8 Å². The van der Waals surface area contributed by atoms with Gasteiger partial charge in [0.2, 0.25) is 0 Å². The second-order valence-corrected chi connectivity index (χ2v) is 3.04. The molecule has 0 bridgehead atoms. The molecule has 0 aromatic rings. The molecule has 1 fully saturated rings. The highest BCUT2D eigenvalue weighted by Crippen LogP contribution is 2.25. The van der Waals surface area contributed by atoms with Crippen molar-refractivity contribution >= 4 is 5.97 Å². The molecule has 0 aromatic heterocycles. The summed E-state index contributed by atoms with van der Waals surface area (Å²) in [6.45, 7) is 0.665. The van der Waals surface area contributed by atoms with Crippen LogP contribution in [0.15, 0.2) is 0 Å². The molecule has 1 atom stereocenters. The van der Waals surface area contributed by atoms with Crippen LogP contribution in [0.1, 0.15) is 19.3 Å². The fraction of sp³-hybridized carbons (Fsp3) is 0.875. The summed E-state index contributed by atoms with van der Waals surface area (Å²) in [7, 11) is 1.49. The zero-order valence-electron chi connectivity index (χ0n) is 7.21. The Morgan fingerprint density at radius 2 is 2.42 bits per heavy atom. The van der Waals surface area contributed by atoms with Crippen molar-refractivity contribution in [2.75, 3.05) is 20.3 Å². The van der Waals surface area contributed by atoms with Gasteiger partial charge in [-0.1, -0.05) is 0 Å². The number of ether oxygens (including phenoxy) is 2. The summed E-state index contributed by atoms with van der Waals surface area (Å²) in [6.07, 6.45) is 2.39. The number of methoxy groups -OCH3 is 1. The number of carbonyl (C=O) groups is 1. The van der Waals surface area contributed by atoms with Gasteiger partial charge in [0.15, 0.2) is 5.60 Å². The van der Waals surface area contributed by atoms with Gasteiger partial charge >= 0.3 is 5.97 Å². The van der Waals surface area contributed by atoms with Crippen LogP contribution >= 0.6 is 0 Å². The van der Waals surface area contributed by atoms with Gasteiger partial charge in [-0.2, -0.15) is 0 Å². The normalized spacial score (nSPS) is 30.1. The first-order valence-electron chi connectivity index (χ1n) is 4.07. The van der Waals surface area contributed by atoms with E-state index >= 15 is 0 Å². The van der Waals surface area contributed by atoms with Crippen molar-refractivity contribution in [1.29, 1.82) is 0 Å². The predicted molar refractivity (Wildman–Crippen MR) is 42.0 cm³/mol. The van der Waals surface area contributed by atoms with E-state index in [1.165, 1.54) is 7.11 Å². The van der Waals surface area contributed by atoms with E-state index in [1.54, 1.807) is 0 Å². The fourth-order valence-corrected chi connectivity index (χ4v) is 1.43. The van der Waals surface area contributed by atoms with E-state index in [0.717, 1.165) is 12.8 Å². The lowest BCUT2D eigenvalue weighted by Crippen LogP contribution is -2.48. The molecule has 70 valence electrons. The van der Waals surface area contributed by atoms with Crippen LogP contribution < -0.4 is 0 Å². The van der Waals surface area contributed by atoms with Crippen LogP contribution in [0.3, 0.4) is 0 Å². The van der Waals surface area contributed by atoms with Gasteiger partial charge in [-0.25, -0.2) is 4.79 Å². The van der Waals surface area contributed by atoms with Crippen LogP contribution in [0.4, 0.5) is 0 Å². The van der Waals surface area contributed by atoms with Gasteiger partial charge in [0.25, 0.3) is 0 Å². The molecule has 12 heavy (non-hydrogen) atoms. The lowest BCUT2D eigenvalue weighted by molar-refractivity contribution is -0.180. The van der Waals surface area contributed by atoms with E-state index in [0.29, 0.717) is 13.0 Å². The number of aliphatic carboxylic acids is 1. The Labute approximate surface area is 71.5 Å². The number of hydrogen-bond donors (Lipinski definition) is 1. The first kappa shape index (κ1) is 9.48. The van der Waals surface area contributed by atoms with Crippen molar-refractivity contribution in [2.24, 2.45) is 0 Å². The van der Waals surface area contributed by atoms with E-state index in [9.17, 15) is 4.79 Å². The molecule has 0 saturated carbocycles. The van der Waals surface area contributed by atoms with Crippen molar-refractivity contribution in [3.05, 3.63) is 0 Å². The number of carboxylic acids is 1. The molecule has 0 spiro atoms. The van der Waals surface area contributed by atoms with Crippen LogP contribution in [-0.4, -0.2) is 37.0 Å². The molecule has 1 saturated heterocycles. The summed E-state index contributed by atoms with van der Waals surface area (Å²) in [5, 5.41) is 8.91. The Morgan fingerprint density at radius 1 is 1.67 bits per heavy atom. The molecular formula is C8H14O4. The largest absolute Gasteiger partial charge is 0.479 e. The third-order valence-electron chi connectivity index (χ3n) is 2.12. The third kappa shape index (κ3) is 1.76. The third-order valence-corrected chi connectivity index (χ3v) is 2.12. The highest BCUT2D eigenvalue weighted by molar-refractivity contribution is 5.77. The first-order valence-corrected chi connectivity index (χ1v) is 4.07. The first-order chi connectivity index (χ1) is 5.71. The Bertz CT molecular complexity index is 155. The summed E-state index contributed by atoms with van der Waals surface area (Å²) < 4.78 is 10.1. The summed E-state index contributed by atoms with van der Waals surface area (Å²) >= 11 is 0. The minimum atomic E-state index is -1.08. The molecule has 1 rings (SSSR count). The Hall–Kier alpha value is -0.610.